The minimum absolute atomic E-state index is 0.0247. The van der Waals surface area contributed by atoms with Gasteiger partial charge in [0, 0.05) is 39.3 Å². The summed E-state index contributed by atoms with van der Waals surface area (Å²) in [6, 6.07) is 14.4. The zero-order valence-electron chi connectivity index (χ0n) is 15.0. The molecule has 0 saturated carbocycles. The van der Waals surface area contributed by atoms with Crippen LogP contribution >= 0.6 is 11.3 Å². The molecule has 1 N–H and O–H groups in total. The molecule has 0 aliphatic heterocycles. The average Bonchev–Trinajstić information content (AvgIpc) is 3.17. The summed E-state index contributed by atoms with van der Waals surface area (Å²) in [6.07, 6.45) is 2.09. The molecule has 0 saturated heterocycles. The lowest BCUT2D eigenvalue weighted by atomic mass is 10.1. The SMILES string of the molecule is CC(=O)NCc1ccc2c(sc3nc(-c4ccccc4)cn32)c1N(C)C. The monoisotopic (exact) mass is 364 g/mol. The fraction of sp³-hybridized carbons (Fsp3) is 0.200. The van der Waals surface area contributed by atoms with E-state index in [9.17, 15) is 4.79 Å². The third-order valence-corrected chi connectivity index (χ3v) is 5.44. The summed E-state index contributed by atoms with van der Waals surface area (Å²) in [5, 5.41) is 2.90. The lowest BCUT2D eigenvalue weighted by molar-refractivity contribution is -0.119. The number of benzene rings is 2. The molecule has 2 aromatic carbocycles. The van der Waals surface area contributed by atoms with Gasteiger partial charge < -0.3 is 10.2 Å². The van der Waals surface area contributed by atoms with E-state index in [0.717, 1.165) is 33.0 Å². The molecule has 6 heteroatoms. The normalized spacial score (nSPS) is 11.2. The Labute approximate surface area is 155 Å². The second-order valence-corrected chi connectivity index (χ2v) is 7.45. The molecule has 1 amide bonds. The van der Waals surface area contributed by atoms with Crippen molar-refractivity contribution in [3.8, 4) is 11.3 Å². The van der Waals surface area contributed by atoms with Gasteiger partial charge in [0.1, 0.15) is 0 Å². The van der Waals surface area contributed by atoms with Crippen molar-refractivity contribution >= 4 is 38.1 Å². The van der Waals surface area contributed by atoms with E-state index >= 15 is 0 Å². The van der Waals surface area contributed by atoms with Crippen molar-refractivity contribution in [2.75, 3.05) is 19.0 Å². The number of hydrogen-bond acceptors (Lipinski definition) is 4. The average molecular weight is 364 g/mol. The minimum atomic E-state index is -0.0247. The molecular weight excluding hydrogens is 344 g/mol. The molecule has 0 aliphatic carbocycles. The maximum Gasteiger partial charge on any atom is 0.217 e. The molecule has 2 aromatic heterocycles. The van der Waals surface area contributed by atoms with E-state index in [2.05, 4.69) is 45.1 Å². The second-order valence-electron chi connectivity index (χ2n) is 6.47. The Morgan fingerprint density at radius 1 is 1.19 bits per heavy atom. The van der Waals surface area contributed by atoms with E-state index < -0.39 is 0 Å². The summed E-state index contributed by atoms with van der Waals surface area (Å²) in [4.78, 5) is 19.2. The van der Waals surface area contributed by atoms with Crippen LogP contribution in [0.2, 0.25) is 0 Å². The molecule has 132 valence electrons. The quantitative estimate of drug-likeness (QED) is 0.597. The van der Waals surface area contributed by atoms with Gasteiger partial charge in [-0.05, 0) is 11.6 Å². The largest absolute Gasteiger partial charge is 0.376 e. The number of imidazole rings is 1. The molecule has 0 radical (unpaired) electrons. The minimum Gasteiger partial charge on any atom is -0.376 e. The molecule has 4 rings (SSSR count). The molecule has 0 spiro atoms. The van der Waals surface area contributed by atoms with Crippen molar-refractivity contribution in [1.29, 1.82) is 0 Å². The molecule has 4 aromatic rings. The Morgan fingerprint density at radius 3 is 2.65 bits per heavy atom. The van der Waals surface area contributed by atoms with Gasteiger partial charge in [0.2, 0.25) is 5.91 Å². The van der Waals surface area contributed by atoms with Crippen molar-refractivity contribution in [3.63, 3.8) is 0 Å². The number of aromatic nitrogens is 2. The van der Waals surface area contributed by atoms with E-state index in [1.54, 1.807) is 11.3 Å². The van der Waals surface area contributed by atoms with E-state index in [-0.39, 0.29) is 5.91 Å². The summed E-state index contributed by atoms with van der Waals surface area (Å²) in [6.45, 7) is 2.06. The first-order chi connectivity index (χ1) is 12.5. The van der Waals surface area contributed by atoms with Gasteiger partial charge in [-0.15, -0.1) is 0 Å². The molecule has 0 atom stereocenters. The molecule has 0 aliphatic rings. The number of anilines is 1. The number of fused-ring (bicyclic) bond motifs is 3. The molecule has 0 unspecified atom stereocenters. The van der Waals surface area contributed by atoms with Crippen LogP contribution in [0.4, 0.5) is 5.69 Å². The summed E-state index contributed by atoms with van der Waals surface area (Å²) < 4.78 is 3.33. The molecule has 0 bridgehead atoms. The number of hydrogen-bond donors (Lipinski definition) is 1. The first-order valence-corrected chi connectivity index (χ1v) is 9.27. The predicted octanol–water partition coefficient (Wildman–Crippen LogP) is 3.92. The zero-order valence-corrected chi connectivity index (χ0v) is 15.8. The zero-order chi connectivity index (χ0) is 18.3. The fourth-order valence-electron chi connectivity index (χ4n) is 3.19. The van der Waals surface area contributed by atoms with Crippen LogP contribution in [-0.2, 0) is 11.3 Å². The van der Waals surface area contributed by atoms with Crippen molar-refractivity contribution in [2.24, 2.45) is 0 Å². The van der Waals surface area contributed by atoms with Crippen LogP contribution in [0.15, 0.2) is 48.7 Å². The van der Waals surface area contributed by atoms with Gasteiger partial charge in [0.25, 0.3) is 0 Å². The highest BCUT2D eigenvalue weighted by Gasteiger charge is 2.17. The third-order valence-electron chi connectivity index (χ3n) is 4.37. The fourth-order valence-corrected chi connectivity index (χ4v) is 4.45. The molecule has 2 heterocycles. The number of amides is 1. The number of nitrogens with zero attached hydrogens (tertiary/aromatic N) is 3. The highest BCUT2D eigenvalue weighted by Crippen LogP contribution is 2.37. The third kappa shape index (κ3) is 2.82. The number of rotatable bonds is 4. The Hall–Kier alpha value is -2.86. The number of nitrogens with one attached hydrogen (secondary N) is 1. The van der Waals surface area contributed by atoms with Gasteiger partial charge in [-0.1, -0.05) is 47.7 Å². The van der Waals surface area contributed by atoms with Gasteiger partial charge in [-0.25, -0.2) is 4.98 Å². The van der Waals surface area contributed by atoms with E-state index in [4.69, 9.17) is 4.98 Å². The maximum absolute atomic E-state index is 11.3. The van der Waals surface area contributed by atoms with Crippen LogP contribution in [-0.4, -0.2) is 29.4 Å². The van der Waals surface area contributed by atoms with Crippen molar-refractivity contribution in [2.45, 2.75) is 13.5 Å². The molecule has 26 heavy (non-hydrogen) atoms. The van der Waals surface area contributed by atoms with Crippen LogP contribution in [0.3, 0.4) is 0 Å². The number of carbonyl (C=O) groups is 1. The smallest absolute Gasteiger partial charge is 0.217 e. The summed E-state index contributed by atoms with van der Waals surface area (Å²) in [5.41, 5.74) is 5.47. The lowest BCUT2D eigenvalue weighted by Crippen LogP contribution is -2.21. The van der Waals surface area contributed by atoms with Crippen LogP contribution in [0.5, 0.6) is 0 Å². The topological polar surface area (TPSA) is 49.6 Å². The van der Waals surface area contributed by atoms with Gasteiger partial charge in [0.05, 0.1) is 21.6 Å². The predicted molar refractivity (Wildman–Crippen MR) is 108 cm³/mol. The highest BCUT2D eigenvalue weighted by atomic mass is 32.1. The second kappa shape index (κ2) is 6.46. The van der Waals surface area contributed by atoms with E-state index in [1.165, 1.54) is 11.6 Å². The first-order valence-electron chi connectivity index (χ1n) is 8.45. The molecule has 5 nitrogen and oxygen atoms in total. The van der Waals surface area contributed by atoms with E-state index in [0.29, 0.717) is 6.54 Å². The van der Waals surface area contributed by atoms with Crippen LogP contribution in [0.1, 0.15) is 12.5 Å². The number of thiazole rings is 1. The van der Waals surface area contributed by atoms with Gasteiger partial charge in [-0.3, -0.25) is 9.20 Å². The van der Waals surface area contributed by atoms with Crippen molar-refractivity contribution in [1.82, 2.24) is 14.7 Å². The van der Waals surface area contributed by atoms with E-state index in [1.807, 2.05) is 32.3 Å². The van der Waals surface area contributed by atoms with Gasteiger partial charge in [-0.2, -0.15) is 0 Å². The number of carbonyl (C=O) groups excluding carboxylic acids is 1. The Kier molecular flexibility index (Phi) is 4.12. The van der Waals surface area contributed by atoms with Crippen LogP contribution < -0.4 is 10.2 Å². The Balaban J connectivity index is 1.86. The van der Waals surface area contributed by atoms with Crippen LogP contribution in [0.25, 0.3) is 26.4 Å². The maximum atomic E-state index is 11.3. The molecule has 0 fully saturated rings. The van der Waals surface area contributed by atoms with Crippen molar-refractivity contribution in [3.05, 3.63) is 54.2 Å². The Bertz CT molecular complexity index is 1100. The summed E-state index contributed by atoms with van der Waals surface area (Å²) in [7, 11) is 4.06. The highest BCUT2D eigenvalue weighted by molar-refractivity contribution is 7.24. The van der Waals surface area contributed by atoms with Gasteiger partial charge >= 0.3 is 0 Å². The summed E-state index contributed by atoms with van der Waals surface area (Å²) in [5.74, 6) is -0.0247. The Morgan fingerprint density at radius 2 is 1.96 bits per heavy atom. The van der Waals surface area contributed by atoms with Crippen molar-refractivity contribution < 1.29 is 4.79 Å². The standard InChI is InChI=1S/C20H20N4OS/c1-13(25)21-11-15-9-10-17-19(18(15)23(2)3)26-20-22-16(12-24(17)20)14-7-5-4-6-8-14/h4-10,12H,11H2,1-3H3,(H,21,25). The first kappa shape index (κ1) is 16.6. The summed E-state index contributed by atoms with van der Waals surface area (Å²) >= 11 is 1.68. The molecular formula is C20H20N4OS. The van der Waals surface area contributed by atoms with Crippen LogP contribution in [0, 0.1) is 0 Å². The van der Waals surface area contributed by atoms with Gasteiger partial charge in [0.15, 0.2) is 4.96 Å². The lowest BCUT2D eigenvalue weighted by Gasteiger charge is -2.18.